The van der Waals surface area contributed by atoms with Gasteiger partial charge in [0.2, 0.25) is 0 Å². The molecular weight excluding hydrogens is 338 g/mol. The van der Waals surface area contributed by atoms with E-state index in [-0.39, 0.29) is 18.9 Å². The van der Waals surface area contributed by atoms with Gasteiger partial charge in [0.1, 0.15) is 17.8 Å². The Balaban J connectivity index is 1.62. The second kappa shape index (κ2) is 9.36. The van der Waals surface area contributed by atoms with Crippen molar-refractivity contribution >= 4 is 17.5 Å². The van der Waals surface area contributed by atoms with E-state index in [1.54, 1.807) is 0 Å². The zero-order valence-electron chi connectivity index (χ0n) is 14.7. The molecule has 1 N–H and O–H groups in total. The Kier molecular flexibility index (Phi) is 6.90. The van der Waals surface area contributed by atoms with Crippen LogP contribution in [0.4, 0.5) is 11.5 Å². The lowest BCUT2D eigenvalue weighted by molar-refractivity contribution is -0.385. The predicted molar refractivity (Wildman–Crippen MR) is 96.4 cm³/mol. The van der Waals surface area contributed by atoms with Crippen molar-refractivity contribution in [3.05, 3.63) is 57.8 Å². The lowest BCUT2D eigenvalue weighted by atomic mass is 10.1. The van der Waals surface area contributed by atoms with Crippen molar-refractivity contribution in [3.8, 4) is 5.75 Å². The number of nitrogens with one attached hydrogen (secondary N) is 1. The highest BCUT2D eigenvalue weighted by molar-refractivity contribution is 5.71. The van der Waals surface area contributed by atoms with Crippen LogP contribution in [0.15, 0.2) is 36.5 Å². The highest BCUT2D eigenvalue weighted by Crippen LogP contribution is 2.20. The molecule has 0 aliphatic rings. The molecule has 0 amide bonds. The fourth-order valence-corrected chi connectivity index (χ4v) is 2.13. The lowest BCUT2D eigenvalue weighted by Crippen LogP contribution is -2.17. The number of benzene rings is 1. The van der Waals surface area contributed by atoms with Crippen molar-refractivity contribution in [3.63, 3.8) is 0 Å². The van der Waals surface area contributed by atoms with E-state index in [1.165, 1.54) is 18.3 Å². The molecule has 0 fully saturated rings. The number of hydrogen-bond acceptors (Lipinski definition) is 7. The SMILES string of the molecule is Cc1cccc(OCC(=O)OCCCNc2ccc([N+](=O)[O-])cn2)c1C. The van der Waals surface area contributed by atoms with E-state index in [0.29, 0.717) is 24.5 Å². The van der Waals surface area contributed by atoms with Crippen LogP contribution in [0.2, 0.25) is 0 Å². The minimum Gasteiger partial charge on any atom is -0.482 e. The highest BCUT2D eigenvalue weighted by atomic mass is 16.6. The molecule has 0 spiro atoms. The van der Waals surface area contributed by atoms with Crippen LogP contribution in [-0.4, -0.2) is 35.6 Å². The first kappa shape index (κ1) is 19.2. The van der Waals surface area contributed by atoms with Gasteiger partial charge in [0.05, 0.1) is 11.5 Å². The van der Waals surface area contributed by atoms with E-state index in [1.807, 2.05) is 32.0 Å². The van der Waals surface area contributed by atoms with Crippen LogP contribution in [0, 0.1) is 24.0 Å². The Morgan fingerprint density at radius 1 is 1.27 bits per heavy atom. The Labute approximate surface area is 151 Å². The number of rotatable bonds is 9. The Hall–Kier alpha value is -3.16. The topological polar surface area (TPSA) is 104 Å². The van der Waals surface area contributed by atoms with Gasteiger partial charge in [-0.05, 0) is 43.5 Å². The third-order valence-electron chi connectivity index (χ3n) is 3.75. The Bertz CT molecular complexity index is 762. The van der Waals surface area contributed by atoms with Crippen molar-refractivity contribution < 1.29 is 19.2 Å². The van der Waals surface area contributed by atoms with E-state index >= 15 is 0 Å². The number of aromatic nitrogens is 1. The molecule has 2 rings (SSSR count). The Morgan fingerprint density at radius 3 is 2.77 bits per heavy atom. The molecular formula is C18H21N3O5. The van der Waals surface area contributed by atoms with E-state index in [2.05, 4.69) is 10.3 Å². The van der Waals surface area contributed by atoms with Gasteiger partial charge in [-0.2, -0.15) is 0 Å². The summed E-state index contributed by atoms with van der Waals surface area (Å²) < 4.78 is 10.6. The molecule has 0 aliphatic heterocycles. The summed E-state index contributed by atoms with van der Waals surface area (Å²) in [6.45, 7) is 4.55. The molecule has 0 aliphatic carbocycles. The van der Waals surface area contributed by atoms with Gasteiger partial charge in [-0.25, -0.2) is 9.78 Å². The van der Waals surface area contributed by atoms with Gasteiger partial charge < -0.3 is 14.8 Å². The third-order valence-corrected chi connectivity index (χ3v) is 3.75. The number of aryl methyl sites for hydroxylation is 1. The van der Waals surface area contributed by atoms with Gasteiger partial charge >= 0.3 is 5.97 Å². The predicted octanol–water partition coefficient (Wildman–Crippen LogP) is 3.03. The van der Waals surface area contributed by atoms with Gasteiger partial charge in [-0.3, -0.25) is 10.1 Å². The summed E-state index contributed by atoms with van der Waals surface area (Å²) in [5.74, 6) is 0.771. The van der Waals surface area contributed by atoms with Gasteiger partial charge in [-0.1, -0.05) is 12.1 Å². The summed E-state index contributed by atoms with van der Waals surface area (Å²) in [4.78, 5) is 25.7. The number of ether oxygens (including phenoxy) is 2. The number of hydrogen-bond donors (Lipinski definition) is 1. The molecule has 0 atom stereocenters. The molecule has 0 unspecified atom stereocenters. The summed E-state index contributed by atoms with van der Waals surface area (Å²) >= 11 is 0. The number of nitrogens with zero attached hydrogens (tertiary/aromatic N) is 2. The fourth-order valence-electron chi connectivity index (χ4n) is 2.13. The van der Waals surface area contributed by atoms with Crippen LogP contribution in [0.1, 0.15) is 17.5 Å². The standard InChI is InChI=1S/C18H21N3O5/c1-13-5-3-6-16(14(13)2)26-12-18(22)25-10-4-9-19-17-8-7-15(11-20-17)21(23)24/h3,5-8,11H,4,9-10,12H2,1-2H3,(H,19,20). The molecule has 1 aromatic heterocycles. The second-order valence-corrected chi connectivity index (χ2v) is 5.65. The summed E-state index contributed by atoms with van der Waals surface area (Å²) in [5.41, 5.74) is 2.04. The molecule has 138 valence electrons. The number of pyridine rings is 1. The van der Waals surface area contributed by atoms with Crippen LogP contribution in [0.3, 0.4) is 0 Å². The Morgan fingerprint density at radius 2 is 2.08 bits per heavy atom. The van der Waals surface area contributed by atoms with Crippen molar-refractivity contribution in [2.45, 2.75) is 20.3 Å². The van der Waals surface area contributed by atoms with Crippen molar-refractivity contribution in [2.24, 2.45) is 0 Å². The zero-order chi connectivity index (χ0) is 18.9. The maximum Gasteiger partial charge on any atom is 0.344 e. The summed E-state index contributed by atoms with van der Waals surface area (Å²) in [5, 5.41) is 13.5. The summed E-state index contributed by atoms with van der Waals surface area (Å²) in [6.07, 6.45) is 1.76. The number of anilines is 1. The lowest BCUT2D eigenvalue weighted by Gasteiger charge is -2.11. The van der Waals surface area contributed by atoms with E-state index in [9.17, 15) is 14.9 Å². The average molecular weight is 359 g/mol. The van der Waals surface area contributed by atoms with Crippen LogP contribution in [-0.2, 0) is 9.53 Å². The monoisotopic (exact) mass is 359 g/mol. The first-order valence-electron chi connectivity index (χ1n) is 8.16. The van der Waals surface area contributed by atoms with Crippen molar-refractivity contribution in [2.75, 3.05) is 25.1 Å². The average Bonchev–Trinajstić information content (AvgIpc) is 2.63. The van der Waals surface area contributed by atoms with E-state index in [0.717, 1.165) is 11.1 Å². The quantitative estimate of drug-likeness (QED) is 0.318. The van der Waals surface area contributed by atoms with Gasteiger partial charge in [0.25, 0.3) is 5.69 Å². The molecule has 8 nitrogen and oxygen atoms in total. The highest BCUT2D eigenvalue weighted by Gasteiger charge is 2.07. The summed E-state index contributed by atoms with van der Waals surface area (Å²) in [6, 6.07) is 8.58. The number of nitro groups is 1. The van der Waals surface area contributed by atoms with E-state index < -0.39 is 10.9 Å². The van der Waals surface area contributed by atoms with Crippen LogP contribution in [0.25, 0.3) is 0 Å². The van der Waals surface area contributed by atoms with Gasteiger partial charge in [0, 0.05) is 12.6 Å². The number of carbonyl (C=O) groups is 1. The molecule has 26 heavy (non-hydrogen) atoms. The maximum absolute atomic E-state index is 11.7. The normalized spacial score (nSPS) is 10.2. The molecule has 0 saturated carbocycles. The smallest absolute Gasteiger partial charge is 0.344 e. The molecule has 2 aromatic rings. The largest absolute Gasteiger partial charge is 0.482 e. The summed E-state index contributed by atoms with van der Waals surface area (Å²) in [7, 11) is 0. The molecule has 1 heterocycles. The number of esters is 1. The minimum absolute atomic E-state index is 0.0617. The second-order valence-electron chi connectivity index (χ2n) is 5.65. The molecule has 0 saturated heterocycles. The minimum atomic E-state index is -0.503. The van der Waals surface area contributed by atoms with Crippen molar-refractivity contribution in [1.29, 1.82) is 0 Å². The third kappa shape index (κ3) is 5.73. The molecule has 8 heteroatoms. The first-order valence-corrected chi connectivity index (χ1v) is 8.16. The molecule has 0 bridgehead atoms. The zero-order valence-corrected chi connectivity index (χ0v) is 14.7. The van der Waals surface area contributed by atoms with Crippen LogP contribution >= 0.6 is 0 Å². The van der Waals surface area contributed by atoms with Crippen molar-refractivity contribution in [1.82, 2.24) is 4.98 Å². The number of carbonyl (C=O) groups excluding carboxylic acids is 1. The van der Waals surface area contributed by atoms with Crippen LogP contribution in [0.5, 0.6) is 5.75 Å². The molecule has 1 aromatic carbocycles. The maximum atomic E-state index is 11.7. The first-order chi connectivity index (χ1) is 12.5. The van der Waals surface area contributed by atoms with Gasteiger partial charge in [-0.15, -0.1) is 0 Å². The fraction of sp³-hybridized carbons (Fsp3) is 0.333. The van der Waals surface area contributed by atoms with Gasteiger partial charge in [0.15, 0.2) is 6.61 Å². The van der Waals surface area contributed by atoms with E-state index in [4.69, 9.17) is 9.47 Å². The van der Waals surface area contributed by atoms with Crippen LogP contribution < -0.4 is 10.1 Å². The molecule has 0 radical (unpaired) electrons.